The van der Waals surface area contributed by atoms with E-state index in [9.17, 15) is 45.3 Å². The Kier molecular flexibility index (Phi) is 35.2. The molecule has 15 heteroatoms. The van der Waals surface area contributed by atoms with E-state index in [4.69, 9.17) is 28.4 Å². The number of hydrogen-bond acceptors (Lipinski definition) is 15. The van der Waals surface area contributed by atoms with Gasteiger partial charge in [0.2, 0.25) is 0 Å². The Bertz CT molecular complexity index is 1510. The summed E-state index contributed by atoms with van der Waals surface area (Å²) < 4.78 is 33.5. The lowest BCUT2D eigenvalue weighted by Gasteiger charge is -2.42. The number of unbranched alkanes of at least 4 members (excludes halogenated alkanes) is 9. The van der Waals surface area contributed by atoms with Gasteiger partial charge in [0.05, 0.1) is 19.8 Å². The summed E-state index contributed by atoms with van der Waals surface area (Å²) in [6.45, 7) is 2.29. The number of aliphatic hydroxyl groups is 7. The minimum atomic E-state index is -1.78. The summed E-state index contributed by atoms with van der Waals surface area (Å²) in [5.74, 6) is -0.985. The molecular weight excluding hydrogens is 877 g/mol. The Balaban J connectivity index is 1.83. The van der Waals surface area contributed by atoms with Gasteiger partial charge in [0.15, 0.2) is 18.7 Å². The highest BCUT2D eigenvalue weighted by Crippen LogP contribution is 2.26. The van der Waals surface area contributed by atoms with Crippen LogP contribution in [0.4, 0.5) is 0 Å². The number of esters is 2. The normalized spacial score (nSPS) is 26.5. The van der Waals surface area contributed by atoms with E-state index in [0.717, 1.165) is 103 Å². The van der Waals surface area contributed by atoms with Crippen LogP contribution in [-0.4, -0.2) is 142 Å². The number of aliphatic hydroxyl groups excluding tert-OH is 7. The monoisotopic (exact) mass is 963 g/mol. The number of ether oxygens (including phenoxy) is 6. The van der Waals surface area contributed by atoms with E-state index < -0.39 is 99.3 Å². The molecule has 11 unspecified atom stereocenters. The van der Waals surface area contributed by atoms with Crippen LogP contribution in [0.15, 0.2) is 85.1 Å². The van der Waals surface area contributed by atoms with Gasteiger partial charge in [0, 0.05) is 12.8 Å². The first kappa shape index (κ1) is 60.8. The molecule has 2 fully saturated rings. The van der Waals surface area contributed by atoms with Crippen molar-refractivity contribution in [1.82, 2.24) is 0 Å². The maximum absolute atomic E-state index is 13.0. The second-order valence-corrected chi connectivity index (χ2v) is 17.2. The third-order valence-corrected chi connectivity index (χ3v) is 11.4. The van der Waals surface area contributed by atoms with Crippen molar-refractivity contribution < 1.29 is 73.8 Å². The Morgan fingerprint density at radius 3 is 1.40 bits per heavy atom. The molecule has 11 atom stereocenters. The fourth-order valence-electron chi connectivity index (χ4n) is 7.28. The molecule has 0 aromatic carbocycles. The van der Waals surface area contributed by atoms with E-state index >= 15 is 0 Å². The van der Waals surface area contributed by atoms with Gasteiger partial charge in [-0.3, -0.25) is 9.59 Å². The highest BCUT2D eigenvalue weighted by Gasteiger charge is 2.47. The lowest BCUT2D eigenvalue weighted by atomic mass is 9.98. The quantitative estimate of drug-likeness (QED) is 0.0193. The second kappa shape index (κ2) is 39.4. The van der Waals surface area contributed by atoms with Gasteiger partial charge < -0.3 is 64.2 Å². The number of hydrogen-bond donors (Lipinski definition) is 7. The summed E-state index contributed by atoms with van der Waals surface area (Å²) in [6.07, 6.45) is 30.4. The van der Waals surface area contributed by atoms with Crippen LogP contribution in [-0.2, 0) is 38.0 Å². The van der Waals surface area contributed by atoms with Crippen LogP contribution < -0.4 is 0 Å². The molecule has 0 aliphatic carbocycles. The van der Waals surface area contributed by atoms with Gasteiger partial charge in [0.25, 0.3) is 0 Å². The molecule has 0 radical (unpaired) electrons. The molecule has 2 saturated heterocycles. The average molecular weight is 963 g/mol. The lowest BCUT2D eigenvalue weighted by molar-refractivity contribution is -0.332. The molecule has 0 bridgehead atoms. The summed E-state index contributed by atoms with van der Waals surface area (Å²) >= 11 is 0. The van der Waals surface area contributed by atoms with Crippen LogP contribution in [0.5, 0.6) is 0 Å². The van der Waals surface area contributed by atoms with Crippen molar-refractivity contribution in [3.63, 3.8) is 0 Å². The molecule has 2 aliphatic heterocycles. The number of carbonyl (C=O) groups excluding carboxylic acids is 2. The van der Waals surface area contributed by atoms with Crippen molar-refractivity contribution in [2.75, 3.05) is 26.4 Å². The van der Waals surface area contributed by atoms with E-state index in [1.807, 2.05) is 0 Å². The van der Waals surface area contributed by atoms with E-state index in [0.29, 0.717) is 12.8 Å². The first-order chi connectivity index (χ1) is 33.0. The van der Waals surface area contributed by atoms with Gasteiger partial charge in [-0.2, -0.15) is 0 Å². The zero-order valence-corrected chi connectivity index (χ0v) is 40.8. The van der Waals surface area contributed by atoms with Crippen molar-refractivity contribution in [2.45, 2.75) is 210 Å². The topological polar surface area (TPSA) is 231 Å². The molecule has 68 heavy (non-hydrogen) atoms. The van der Waals surface area contributed by atoms with Crippen LogP contribution in [0.3, 0.4) is 0 Å². The molecule has 0 saturated carbocycles. The maximum Gasteiger partial charge on any atom is 0.306 e. The maximum atomic E-state index is 13.0. The first-order valence-electron chi connectivity index (χ1n) is 25.2. The fourth-order valence-corrected chi connectivity index (χ4v) is 7.28. The minimum Gasteiger partial charge on any atom is -0.462 e. The van der Waals surface area contributed by atoms with Crippen LogP contribution >= 0.6 is 0 Å². The second-order valence-electron chi connectivity index (χ2n) is 17.2. The zero-order chi connectivity index (χ0) is 49.6. The highest BCUT2D eigenvalue weighted by molar-refractivity contribution is 5.70. The molecule has 2 aliphatic rings. The Labute approximate surface area is 405 Å². The summed E-state index contributed by atoms with van der Waals surface area (Å²) in [7, 11) is 0. The first-order valence-corrected chi connectivity index (χ1v) is 25.2. The molecular formula is C53H86O15. The lowest BCUT2D eigenvalue weighted by Crippen LogP contribution is -2.61. The summed E-state index contributed by atoms with van der Waals surface area (Å²) in [5, 5.41) is 72.0. The Hall–Kier alpha value is -3.32. The fraction of sp³-hybridized carbons (Fsp3) is 0.698. The van der Waals surface area contributed by atoms with Crippen molar-refractivity contribution in [3.8, 4) is 0 Å². The van der Waals surface area contributed by atoms with Gasteiger partial charge in [-0.25, -0.2) is 0 Å². The van der Waals surface area contributed by atoms with Crippen LogP contribution in [0, 0.1) is 0 Å². The van der Waals surface area contributed by atoms with Gasteiger partial charge in [-0.05, 0) is 83.5 Å². The van der Waals surface area contributed by atoms with Crippen LogP contribution in [0.1, 0.15) is 142 Å². The van der Waals surface area contributed by atoms with Crippen molar-refractivity contribution in [1.29, 1.82) is 0 Å². The summed E-state index contributed by atoms with van der Waals surface area (Å²) in [5.41, 5.74) is 0. The predicted octanol–water partition coefficient (Wildman–Crippen LogP) is 6.82. The smallest absolute Gasteiger partial charge is 0.306 e. The van der Waals surface area contributed by atoms with Crippen molar-refractivity contribution in [2.24, 2.45) is 0 Å². The standard InChI is InChI=1S/C53H86O15/c1-3-5-7-9-11-13-15-17-18-19-20-21-22-24-26-28-30-32-34-36-45(56)66-41(38-63-44(55)35-33-31-29-27-25-23-16-14-12-10-8-6-4-2)39-64-52-51(62)49(60)47(58)43(68-52)40-65-53-50(61)48(59)46(57)42(37-54)67-53/h5-8,11-14,17-18,20-21,23,25,41-43,46-54,57-62H,3-4,9-10,15-16,19,22,24,26-40H2,1-2H3/b7-5-,8-6-,13-11-,14-12-,18-17-,21-20-,25-23-. The SMILES string of the molecule is CC/C=C\C/C=C\C/C=C\C/C=C\CCCCCCCCC(=O)OC(COC(=O)CCCCC/C=C\C/C=C\C/C=C\CC)COC1OC(COC2OC(CO)C(O)C(O)C2O)C(O)C(O)C1O. The molecule has 388 valence electrons. The molecule has 0 amide bonds. The average Bonchev–Trinajstić information content (AvgIpc) is 3.33. The zero-order valence-electron chi connectivity index (χ0n) is 40.8. The van der Waals surface area contributed by atoms with Gasteiger partial charge >= 0.3 is 11.9 Å². The Morgan fingerprint density at radius 1 is 0.471 bits per heavy atom. The highest BCUT2D eigenvalue weighted by atomic mass is 16.7. The predicted molar refractivity (Wildman–Crippen MR) is 261 cm³/mol. The molecule has 0 aromatic rings. The van der Waals surface area contributed by atoms with Crippen molar-refractivity contribution in [3.05, 3.63) is 85.1 Å². The van der Waals surface area contributed by atoms with Crippen LogP contribution in [0.25, 0.3) is 0 Å². The van der Waals surface area contributed by atoms with E-state index in [2.05, 4.69) is 98.9 Å². The molecule has 2 rings (SSSR count). The van der Waals surface area contributed by atoms with Gasteiger partial charge in [-0.1, -0.05) is 131 Å². The molecule has 2 heterocycles. The molecule has 15 nitrogen and oxygen atoms in total. The summed E-state index contributed by atoms with van der Waals surface area (Å²) in [4.78, 5) is 25.7. The largest absolute Gasteiger partial charge is 0.462 e. The van der Waals surface area contributed by atoms with E-state index in [1.165, 1.54) is 0 Å². The number of allylic oxidation sites excluding steroid dienone is 14. The van der Waals surface area contributed by atoms with E-state index in [1.54, 1.807) is 0 Å². The molecule has 7 N–H and O–H groups in total. The summed E-state index contributed by atoms with van der Waals surface area (Å²) in [6, 6.07) is 0. The molecule has 0 spiro atoms. The van der Waals surface area contributed by atoms with Gasteiger partial charge in [-0.15, -0.1) is 0 Å². The van der Waals surface area contributed by atoms with Gasteiger partial charge in [0.1, 0.15) is 55.4 Å². The molecule has 0 aromatic heterocycles. The van der Waals surface area contributed by atoms with E-state index in [-0.39, 0.29) is 19.4 Å². The third-order valence-electron chi connectivity index (χ3n) is 11.4. The number of rotatable bonds is 37. The minimum absolute atomic E-state index is 0.137. The number of carbonyl (C=O) groups is 2. The van der Waals surface area contributed by atoms with Crippen molar-refractivity contribution >= 4 is 11.9 Å². The third kappa shape index (κ3) is 27.2. The Morgan fingerprint density at radius 2 is 0.882 bits per heavy atom. The van der Waals surface area contributed by atoms with Crippen LogP contribution in [0.2, 0.25) is 0 Å².